The van der Waals surface area contributed by atoms with E-state index in [2.05, 4.69) is 46.2 Å². The standard InChI is InChI=1S/C24H28ClN2O6P/c1-24(26,16-33-34(29,30)31)23(28)27-20-11-12-22(21(25)15-20)32-14-13-17-7-9-19(10-8-17)18-5-3-2-4-6-18/h2-10,15H,11-14,16,26H2,1H3,(H,27,28)(H2,29,30,31)/t24-/m0/s1. The molecule has 0 unspecified atom stereocenters. The summed E-state index contributed by atoms with van der Waals surface area (Å²) in [6.45, 7) is 1.15. The molecular formula is C24H28ClN2O6P. The number of hydrogen-bond donors (Lipinski definition) is 4. The van der Waals surface area contributed by atoms with Crippen molar-refractivity contribution < 1.29 is 28.4 Å². The molecule has 2 aromatic carbocycles. The van der Waals surface area contributed by atoms with E-state index in [1.54, 1.807) is 6.08 Å². The fourth-order valence-corrected chi connectivity index (χ4v) is 3.99. The van der Waals surface area contributed by atoms with Crippen molar-refractivity contribution in [3.8, 4) is 11.1 Å². The van der Waals surface area contributed by atoms with Crippen LogP contribution in [0.5, 0.6) is 0 Å². The monoisotopic (exact) mass is 506 g/mol. The third-order valence-corrected chi connectivity index (χ3v) is 6.03. The van der Waals surface area contributed by atoms with Crippen molar-refractivity contribution in [1.29, 1.82) is 0 Å². The van der Waals surface area contributed by atoms with Crippen molar-refractivity contribution in [3.63, 3.8) is 0 Å². The van der Waals surface area contributed by atoms with Gasteiger partial charge in [0.15, 0.2) is 0 Å². The molecule has 0 spiro atoms. The molecule has 0 bridgehead atoms. The minimum atomic E-state index is -4.73. The Morgan fingerprint density at radius 1 is 1.12 bits per heavy atom. The van der Waals surface area contributed by atoms with Crippen LogP contribution in [0.25, 0.3) is 11.1 Å². The number of nitrogens with one attached hydrogen (secondary N) is 1. The number of allylic oxidation sites excluding steroid dienone is 4. The zero-order valence-electron chi connectivity index (χ0n) is 18.7. The molecule has 3 rings (SSSR count). The lowest BCUT2D eigenvalue weighted by atomic mass is 10.0. The molecule has 0 radical (unpaired) electrons. The van der Waals surface area contributed by atoms with Gasteiger partial charge in [0, 0.05) is 18.5 Å². The van der Waals surface area contributed by atoms with Crippen LogP contribution in [-0.4, -0.2) is 34.4 Å². The molecule has 0 aromatic heterocycles. The zero-order chi connectivity index (χ0) is 24.8. The van der Waals surface area contributed by atoms with Crippen LogP contribution in [-0.2, 0) is 25.0 Å². The maximum Gasteiger partial charge on any atom is 0.469 e. The van der Waals surface area contributed by atoms with Gasteiger partial charge in [-0.2, -0.15) is 0 Å². The van der Waals surface area contributed by atoms with Crippen LogP contribution in [0.4, 0.5) is 0 Å². The second-order valence-corrected chi connectivity index (χ2v) is 9.88. The van der Waals surface area contributed by atoms with Crippen LogP contribution in [0.3, 0.4) is 0 Å². The Balaban J connectivity index is 1.50. The van der Waals surface area contributed by atoms with Gasteiger partial charge in [-0.25, -0.2) is 4.57 Å². The van der Waals surface area contributed by atoms with Gasteiger partial charge < -0.3 is 25.6 Å². The van der Waals surface area contributed by atoms with E-state index in [9.17, 15) is 9.36 Å². The Hall–Kier alpha value is -2.45. The van der Waals surface area contributed by atoms with Crippen molar-refractivity contribution in [2.24, 2.45) is 5.73 Å². The normalized spacial score (nSPS) is 16.0. The number of phosphoric ester groups is 1. The van der Waals surface area contributed by atoms with Gasteiger partial charge in [-0.3, -0.25) is 9.32 Å². The molecule has 2 aromatic rings. The Bertz CT molecular complexity index is 1110. The first-order valence-electron chi connectivity index (χ1n) is 10.7. The number of hydrogen-bond acceptors (Lipinski definition) is 5. The summed E-state index contributed by atoms with van der Waals surface area (Å²) >= 11 is 6.33. The molecular weight excluding hydrogens is 479 g/mol. The summed E-state index contributed by atoms with van der Waals surface area (Å²) in [5.41, 5.74) is 8.21. The molecule has 0 saturated carbocycles. The zero-order valence-corrected chi connectivity index (χ0v) is 20.4. The average molecular weight is 507 g/mol. The summed E-state index contributed by atoms with van der Waals surface area (Å²) in [5, 5.41) is 3.02. The summed E-state index contributed by atoms with van der Waals surface area (Å²) in [5.74, 6) is 0.000832. The number of halogens is 1. The Kier molecular flexibility index (Phi) is 8.71. The van der Waals surface area contributed by atoms with Gasteiger partial charge in [0.2, 0.25) is 5.91 Å². The van der Waals surface area contributed by atoms with Crippen LogP contribution in [0.1, 0.15) is 25.3 Å². The number of phosphoric acid groups is 1. The predicted molar refractivity (Wildman–Crippen MR) is 130 cm³/mol. The average Bonchev–Trinajstić information content (AvgIpc) is 2.80. The van der Waals surface area contributed by atoms with Crippen LogP contribution < -0.4 is 11.1 Å². The van der Waals surface area contributed by atoms with Crippen LogP contribution in [0.2, 0.25) is 0 Å². The van der Waals surface area contributed by atoms with Gasteiger partial charge in [-0.05, 0) is 36.1 Å². The maximum atomic E-state index is 12.4. The number of ether oxygens (including phenoxy) is 1. The molecule has 1 aliphatic rings. The minimum Gasteiger partial charge on any atom is -0.496 e. The molecule has 0 aliphatic heterocycles. The maximum absolute atomic E-state index is 12.4. The van der Waals surface area contributed by atoms with E-state index in [4.69, 9.17) is 31.9 Å². The topological polar surface area (TPSA) is 131 Å². The van der Waals surface area contributed by atoms with Crippen LogP contribution >= 0.6 is 19.4 Å². The summed E-state index contributed by atoms with van der Waals surface area (Å²) in [7, 11) is -4.73. The molecule has 0 fully saturated rings. The van der Waals surface area contributed by atoms with Crippen molar-refractivity contribution >= 4 is 25.3 Å². The highest BCUT2D eigenvalue weighted by atomic mass is 35.5. The molecule has 1 amide bonds. The minimum absolute atomic E-state index is 0.381. The van der Waals surface area contributed by atoms with Gasteiger partial charge in [0.25, 0.3) is 0 Å². The van der Waals surface area contributed by atoms with Crippen molar-refractivity contribution in [3.05, 3.63) is 82.7 Å². The van der Waals surface area contributed by atoms with E-state index in [0.29, 0.717) is 35.9 Å². The highest BCUT2D eigenvalue weighted by molar-refractivity contribution is 7.46. The largest absolute Gasteiger partial charge is 0.496 e. The van der Waals surface area contributed by atoms with Crippen LogP contribution in [0, 0.1) is 0 Å². The second kappa shape index (κ2) is 11.3. The van der Waals surface area contributed by atoms with E-state index in [1.165, 1.54) is 12.5 Å². The number of carbonyl (C=O) groups excluding carboxylic acids is 1. The smallest absolute Gasteiger partial charge is 0.469 e. The van der Waals surface area contributed by atoms with Crippen molar-refractivity contribution in [2.75, 3.05) is 13.2 Å². The van der Waals surface area contributed by atoms with Gasteiger partial charge >= 0.3 is 7.82 Å². The van der Waals surface area contributed by atoms with E-state index >= 15 is 0 Å². The van der Waals surface area contributed by atoms with Crippen molar-refractivity contribution in [1.82, 2.24) is 5.32 Å². The fourth-order valence-electron chi connectivity index (χ4n) is 3.27. The van der Waals surface area contributed by atoms with Gasteiger partial charge in [0.1, 0.15) is 11.3 Å². The molecule has 10 heteroatoms. The summed E-state index contributed by atoms with van der Waals surface area (Å²) in [6.07, 6.45) is 3.28. The third-order valence-electron chi connectivity index (χ3n) is 5.24. The van der Waals surface area contributed by atoms with E-state index < -0.39 is 25.9 Å². The Morgan fingerprint density at radius 3 is 2.38 bits per heavy atom. The van der Waals surface area contributed by atoms with Crippen LogP contribution in [0.15, 0.2) is 77.2 Å². The first kappa shape index (κ1) is 26.2. The highest BCUT2D eigenvalue weighted by Gasteiger charge is 2.32. The van der Waals surface area contributed by atoms with E-state index in [1.807, 2.05) is 18.2 Å². The first-order chi connectivity index (χ1) is 16.0. The second-order valence-electron chi connectivity index (χ2n) is 8.24. The summed E-state index contributed by atoms with van der Waals surface area (Å²) in [6, 6.07) is 18.5. The highest BCUT2D eigenvalue weighted by Crippen LogP contribution is 2.36. The lowest BCUT2D eigenvalue weighted by Gasteiger charge is -2.25. The Labute approximate surface area is 203 Å². The molecule has 8 nitrogen and oxygen atoms in total. The SMILES string of the molecule is C[C@](N)(COP(=O)(O)O)C(=O)NC1=CC(Cl)=C(OCCc2ccc(-c3ccccc3)cc2)CC1. The number of benzene rings is 2. The molecule has 0 heterocycles. The fraction of sp³-hybridized carbons (Fsp3) is 0.292. The van der Waals surface area contributed by atoms with Gasteiger partial charge in [0.05, 0.1) is 18.2 Å². The number of rotatable bonds is 10. The number of carbonyl (C=O) groups is 1. The lowest BCUT2D eigenvalue weighted by molar-refractivity contribution is -0.126. The lowest BCUT2D eigenvalue weighted by Crippen LogP contribution is -2.54. The Morgan fingerprint density at radius 2 is 1.76 bits per heavy atom. The number of nitrogens with two attached hydrogens (primary N) is 1. The van der Waals surface area contributed by atoms with Gasteiger partial charge in [-0.1, -0.05) is 66.2 Å². The van der Waals surface area contributed by atoms with Crippen molar-refractivity contribution in [2.45, 2.75) is 31.7 Å². The molecule has 5 N–H and O–H groups in total. The quantitative estimate of drug-likeness (QED) is 0.358. The molecule has 1 aliphatic carbocycles. The van der Waals surface area contributed by atoms with E-state index in [-0.39, 0.29) is 0 Å². The molecule has 1 atom stereocenters. The molecule has 182 valence electrons. The van der Waals surface area contributed by atoms with E-state index in [0.717, 1.165) is 17.5 Å². The summed E-state index contributed by atoms with van der Waals surface area (Å²) < 4.78 is 21.1. The van der Waals surface area contributed by atoms with Gasteiger partial charge in [-0.15, -0.1) is 0 Å². The number of amides is 1. The predicted octanol–water partition coefficient (Wildman–Crippen LogP) is 3.98. The first-order valence-corrected chi connectivity index (χ1v) is 12.6. The molecule has 0 saturated heterocycles. The third kappa shape index (κ3) is 7.81. The molecule has 34 heavy (non-hydrogen) atoms. The summed E-state index contributed by atoms with van der Waals surface area (Å²) in [4.78, 5) is 30.0.